The molecule has 2 fully saturated rings. The summed E-state index contributed by atoms with van der Waals surface area (Å²) in [5, 5.41) is 3.59. The number of benzene rings is 1. The minimum Gasteiger partial charge on any atom is -0.496 e. The highest BCUT2D eigenvalue weighted by molar-refractivity contribution is 9.10. The van der Waals surface area contributed by atoms with Crippen LogP contribution in [-0.2, 0) is 4.74 Å². The summed E-state index contributed by atoms with van der Waals surface area (Å²) in [6.45, 7) is 2.63. The third kappa shape index (κ3) is 3.59. The number of nitrogens with one attached hydrogen (secondary N) is 1. The molecule has 1 aliphatic heterocycles. The Morgan fingerprint density at radius 1 is 1.43 bits per heavy atom. The summed E-state index contributed by atoms with van der Waals surface area (Å²) in [6.07, 6.45) is 2.76. The van der Waals surface area contributed by atoms with Gasteiger partial charge in [-0.1, -0.05) is 15.9 Å². The minimum atomic E-state index is 0.160. The summed E-state index contributed by atoms with van der Waals surface area (Å²) in [4.78, 5) is 2.37. The van der Waals surface area contributed by atoms with Crippen molar-refractivity contribution in [3.05, 3.63) is 28.2 Å². The topological polar surface area (TPSA) is 33.7 Å². The van der Waals surface area contributed by atoms with Crippen LogP contribution in [-0.4, -0.2) is 50.9 Å². The third-order valence-electron chi connectivity index (χ3n) is 4.30. The highest BCUT2D eigenvalue weighted by Crippen LogP contribution is 2.36. The van der Waals surface area contributed by atoms with Crippen molar-refractivity contribution in [1.82, 2.24) is 10.2 Å². The van der Waals surface area contributed by atoms with E-state index >= 15 is 0 Å². The van der Waals surface area contributed by atoms with Gasteiger partial charge in [-0.25, -0.2) is 0 Å². The van der Waals surface area contributed by atoms with E-state index < -0.39 is 0 Å². The summed E-state index contributed by atoms with van der Waals surface area (Å²) in [5.74, 6) is 0.928. The van der Waals surface area contributed by atoms with Crippen molar-refractivity contribution in [3.8, 4) is 5.75 Å². The van der Waals surface area contributed by atoms with Crippen LogP contribution in [0.3, 0.4) is 0 Å². The highest BCUT2D eigenvalue weighted by atomic mass is 79.9. The first-order chi connectivity index (χ1) is 10.2. The van der Waals surface area contributed by atoms with Gasteiger partial charge >= 0.3 is 0 Å². The molecule has 0 aromatic heterocycles. The summed E-state index contributed by atoms with van der Waals surface area (Å²) >= 11 is 3.57. The molecule has 2 atom stereocenters. The second-order valence-electron chi connectivity index (χ2n) is 5.90. The fourth-order valence-corrected chi connectivity index (χ4v) is 3.36. The summed E-state index contributed by atoms with van der Waals surface area (Å²) in [7, 11) is 3.89. The number of rotatable bonds is 5. The molecule has 1 saturated heterocycles. The molecule has 0 amide bonds. The van der Waals surface area contributed by atoms with Gasteiger partial charge < -0.3 is 14.8 Å². The molecule has 1 aromatic rings. The van der Waals surface area contributed by atoms with Crippen LogP contribution in [0.15, 0.2) is 22.7 Å². The lowest BCUT2D eigenvalue weighted by molar-refractivity contribution is -0.0620. The molecule has 2 unspecified atom stereocenters. The van der Waals surface area contributed by atoms with Crippen LogP contribution in [0, 0.1) is 0 Å². The maximum absolute atomic E-state index is 6.06. The van der Waals surface area contributed by atoms with Crippen molar-refractivity contribution in [2.45, 2.75) is 31.0 Å². The zero-order valence-corrected chi connectivity index (χ0v) is 14.2. The zero-order valence-electron chi connectivity index (χ0n) is 12.6. The third-order valence-corrected chi connectivity index (χ3v) is 4.79. The molecule has 21 heavy (non-hydrogen) atoms. The van der Waals surface area contributed by atoms with Crippen molar-refractivity contribution < 1.29 is 9.47 Å². The Hall–Kier alpha value is -0.620. The van der Waals surface area contributed by atoms with Crippen LogP contribution in [0.4, 0.5) is 0 Å². The molecule has 1 saturated carbocycles. The molecule has 2 aliphatic rings. The second-order valence-corrected chi connectivity index (χ2v) is 6.82. The Morgan fingerprint density at radius 3 is 2.95 bits per heavy atom. The van der Waals surface area contributed by atoms with Gasteiger partial charge in [-0.15, -0.1) is 0 Å². The quantitative estimate of drug-likeness (QED) is 0.880. The van der Waals surface area contributed by atoms with E-state index in [9.17, 15) is 0 Å². The Labute approximate surface area is 134 Å². The minimum absolute atomic E-state index is 0.160. The molecular weight excluding hydrogens is 332 g/mol. The van der Waals surface area contributed by atoms with E-state index in [0.717, 1.165) is 29.9 Å². The number of hydrogen-bond acceptors (Lipinski definition) is 4. The van der Waals surface area contributed by atoms with Crippen molar-refractivity contribution >= 4 is 15.9 Å². The van der Waals surface area contributed by atoms with Gasteiger partial charge in [0.15, 0.2) is 0 Å². The molecule has 116 valence electrons. The molecule has 5 heteroatoms. The molecule has 1 N–H and O–H groups in total. The van der Waals surface area contributed by atoms with Gasteiger partial charge in [-0.05, 0) is 38.1 Å². The van der Waals surface area contributed by atoms with Crippen LogP contribution in [0.5, 0.6) is 5.75 Å². The maximum Gasteiger partial charge on any atom is 0.123 e. The van der Waals surface area contributed by atoms with Crippen molar-refractivity contribution in [2.24, 2.45) is 0 Å². The van der Waals surface area contributed by atoms with E-state index in [2.05, 4.69) is 39.3 Å². The number of ether oxygens (including phenoxy) is 2. The molecule has 3 rings (SSSR count). The van der Waals surface area contributed by atoms with Crippen molar-refractivity contribution in [3.63, 3.8) is 0 Å². The maximum atomic E-state index is 6.06. The van der Waals surface area contributed by atoms with Gasteiger partial charge in [0.1, 0.15) is 5.75 Å². The Balaban J connectivity index is 1.84. The lowest BCUT2D eigenvalue weighted by atomic mass is 9.97. The summed E-state index contributed by atoms with van der Waals surface area (Å²) < 4.78 is 12.7. The molecule has 4 nitrogen and oxygen atoms in total. The van der Waals surface area contributed by atoms with Crippen LogP contribution in [0.2, 0.25) is 0 Å². The van der Waals surface area contributed by atoms with Gasteiger partial charge in [0.2, 0.25) is 0 Å². The fourth-order valence-electron chi connectivity index (χ4n) is 2.98. The first-order valence-corrected chi connectivity index (χ1v) is 8.37. The van der Waals surface area contributed by atoms with Gasteiger partial charge in [-0.2, -0.15) is 0 Å². The predicted octanol–water partition coefficient (Wildman–Crippen LogP) is 2.58. The smallest absolute Gasteiger partial charge is 0.123 e. The SMILES string of the molecule is COc1ccc(Br)cc1C1C(CNC2CC2)OCCN1C. The van der Waals surface area contributed by atoms with Crippen LogP contribution in [0.1, 0.15) is 24.4 Å². The van der Waals surface area contributed by atoms with E-state index in [1.165, 1.54) is 18.4 Å². The second kappa shape index (κ2) is 6.65. The number of halogens is 1. The Bertz CT molecular complexity index is 493. The van der Waals surface area contributed by atoms with Gasteiger partial charge in [0.05, 0.1) is 25.9 Å². The number of nitrogens with zero attached hydrogens (tertiary/aromatic N) is 1. The first kappa shape index (κ1) is 15.3. The van der Waals surface area contributed by atoms with Crippen LogP contribution < -0.4 is 10.1 Å². The monoisotopic (exact) mass is 354 g/mol. The lowest BCUT2D eigenvalue weighted by Gasteiger charge is -2.40. The lowest BCUT2D eigenvalue weighted by Crippen LogP contribution is -2.47. The van der Waals surface area contributed by atoms with Crippen LogP contribution >= 0.6 is 15.9 Å². The van der Waals surface area contributed by atoms with Crippen molar-refractivity contribution in [1.29, 1.82) is 0 Å². The highest BCUT2D eigenvalue weighted by Gasteiger charge is 2.34. The van der Waals surface area contributed by atoms with E-state index in [1.54, 1.807) is 7.11 Å². The summed E-state index contributed by atoms with van der Waals surface area (Å²) in [6, 6.07) is 7.11. The molecule has 1 aromatic carbocycles. The normalized spacial score (nSPS) is 26.8. The average Bonchev–Trinajstić information content (AvgIpc) is 3.29. The molecule has 1 aliphatic carbocycles. The molecule has 1 heterocycles. The molecule has 0 spiro atoms. The van der Waals surface area contributed by atoms with E-state index in [0.29, 0.717) is 6.04 Å². The van der Waals surface area contributed by atoms with Gasteiger partial charge in [-0.3, -0.25) is 4.90 Å². The van der Waals surface area contributed by atoms with Gasteiger partial charge in [0.25, 0.3) is 0 Å². The van der Waals surface area contributed by atoms with Crippen molar-refractivity contribution in [2.75, 3.05) is 33.9 Å². The first-order valence-electron chi connectivity index (χ1n) is 7.57. The number of hydrogen-bond donors (Lipinski definition) is 1. The average molecular weight is 355 g/mol. The zero-order chi connectivity index (χ0) is 14.8. The number of methoxy groups -OCH3 is 1. The van der Waals surface area contributed by atoms with Crippen LogP contribution in [0.25, 0.3) is 0 Å². The Morgan fingerprint density at radius 2 is 2.24 bits per heavy atom. The van der Waals surface area contributed by atoms with E-state index in [-0.39, 0.29) is 12.1 Å². The molecule has 0 radical (unpaired) electrons. The Kier molecular flexibility index (Phi) is 4.84. The number of morpholine rings is 1. The van der Waals surface area contributed by atoms with E-state index in [1.807, 2.05) is 12.1 Å². The van der Waals surface area contributed by atoms with E-state index in [4.69, 9.17) is 9.47 Å². The molecule has 0 bridgehead atoms. The van der Waals surface area contributed by atoms with Gasteiger partial charge in [0, 0.05) is 29.2 Å². The standard InChI is InChI=1S/C16H23BrN2O2/c1-19-7-8-21-15(10-18-12-4-5-12)16(19)13-9-11(17)3-6-14(13)20-2/h3,6,9,12,15-16,18H,4-5,7-8,10H2,1-2H3. The number of likely N-dealkylation sites (N-methyl/N-ethyl adjacent to an activating group) is 1. The predicted molar refractivity (Wildman–Crippen MR) is 86.8 cm³/mol. The fraction of sp³-hybridized carbons (Fsp3) is 0.625. The summed E-state index contributed by atoms with van der Waals surface area (Å²) in [5.41, 5.74) is 1.19. The molecular formula is C16H23BrN2O2. The largest absolute Gasteiger partial charge is 0.496 e.